The van der Waals surface area contributed by atoms with E-state index in [1.54, 1.807) is 37.1 Å². The summed E-state index contributed by atoms with van der Waals surface area (Å²) in [6, 6.07) is 14.5. The average molecular weight is 376 g/mol. The van der Waals surface area contributed by atoms with E-state index in [-0.39, 0.29) is 5.91 Å². The van der Waals surface area contributed by atoms with Crippen LogP contribution in [0.1, 0.15) is 22.3 Å². The third-order valence-corrected chi connectivity index (χ3v) is 4.37. The molecule has 0 saturated heterocycles. The molecule has 0 aliphatic heterocycles. The van der Waals surface area contributed by atoms with Gasteiger partial charge in [-0.2, -0.15) is 0 Å². The van der Waals surface area contributed by atoms with Crippen LogP contribution in [0.15, 0.2) is 48.5 Å². The molecule has 0 fully saturated rings. The number of carbonyl (C=O) groups excluding carboxylic acids is 1. The Hall–Kier alpha value is -2.54. The number of ether oxygens (including phenoxy) is 1. The van der Waals surface area contributed by atoms with Gasteiger partial charge in [0, 0.05) is 19.2 Å². The van der Waals surface area contributed by atoms with Crippen molar-refractivity contribution < 1.29 is 17.9 Å². The average Bonchev–Trinajstić information content (AvgIpc) is 2.59. The molecule has 0 aliphatic rings. The molecule has 0 aromatic heterocycles. The molecule has 1 N–H and O–H groups in total. The van der Waals surface area contributed by atoms with Crippen LogP contribution in [0, 0.1) is 6.92 Å². The van der Waals surface area contributed by atoms with Gasteiger partial charge in [-0.1, -0.05) is 24.3 Å². The van der Waals surface area contributed by atoms with Gasteiger partial charge in [0.1, 0.15) is 5.75 Å². The third kappa shape index (κ3) is 6.07. The molecule has 2 rings (SSSR count). The molecular weight excluding hydrogens is 352 g/mol. The molecule has 0 aliphatic carbocycles. The van der Waals surface area contributed by atoms with Crippen LogP contribution in [0.2, 0.25) is 0 Å². The maximum atomic E-state index is 12.5. The summed E-state index contributed by atoms with van der Waals surface area (Å²) in [6.45, 7) is 2.83. The van der Waals surface area contributed by atoms with Gasteiger partial charge in [0.2, 0.25) is 10.0 Å². The molecule has 0 spiro atoms. The lowest BCUT2D eigenvalue weighted by atomic mass is 10.1. The Kier molecular flexibility index (Phi) is 6.63. The van der Waals surface area contributed by atoms with Crippen molar-refractivity contribution in [2.45, 2.75) is 13.3 Å². The number of benzene rings is 2. The van der Waals surface area contributed by atoms with Crippen LogP contribution in [-0.4, -0.2) is 45.7 Å². The second-order valence-electron chi connectivity index (χ2n) is 6.15. The first-order valence-corrected chi connectivity index (χ1v) is 10.2. The van der Waals surface area contributed by atoms with Crippen molar-refractivity contribution in [1.82, 2.24) is 4.90 Å². The third-order valence-electron chi connectivity index (χ3n) is 3.78. The minimum absolute atomic E-state index is 0.165. The van der Waals surface area contributed by atoms with E-state index in [4.69, 9.17) is 4.74 Å². The standard InChI is InChI=1S/C19H24N2O4S/c1-15-10-11-16(14-18(15)20-26(3,23)24)19(22)21(2)12-7-13-25-17-8-5-4-6-9-17/h4-6,8-11,14,20H,7,12-13H2,1-3H3. The molecule has 6 nitrogen and oxygen atoms in total. The van der Waals surface area contributed by atoms with Gasteiger partial charge in [-0.3, -0.25) is 9.52 Å². The fraction of sp³-hybridized carbons (Fsp3) is 0.316. The van der Waals surface area contributed by atoms with Crippen molar-refractivity contribution in [3.05, 3.63) is 59.7 Å². The fourth-order valence-corrected chi connectivity index (χ4v) is 3.01. The highest BCUT2D eigenvalue weighted by molar-refractivity contribution is 7.92. The molecule has 26 heavy (non-hydrogen) atoms. The van der Waals surface area contributed by atoms with Gasteiger partial charge >= 0.3 is 0 Å². The highest BCUT2D eigenvalue weighted by atomic mass is 32.2. The number of amides is 1. The minimum Gasteiger partial charge on any atom is -0.494 e. The second kappa shape index (κ2) is 8.71. The van der Waals surface area contributed by atoms with Gasteiger partial charge in [-0.15, -0.1) is 0 Å². The molecule has 0 radical (unpaired) electrons. The first-order chi connectivity index (χ1) is 12.3. The molecule has 2 aromatic rings. The predicted octanol–water partition coefficient (Wildman–Crippen LogP) is 2.91. The van der Waals surface area contributed by atoms with Crippen molar-refractivity contribution in [3.8, 4) is 5.75 Å². The molecule has 7 heteroatoms. The highest BCUT2D eigenvalue weighted by Gasteiger charge is 2.14. The molecule has 0 saturated carbocycles. The van der Waals surface area contributed by atoms with Gasteiger partial charge in [0.15, 0.2) is 0 Å². The topological polar surface area (TPSA) is 75.7 Å². The van der Waals surface area contributed by atoms with E-state index in [1.165, 1.54) is 0 Å². The van der Waals surface area contributed by atoms with Crippen molar-refractivity contribution in [1.29, 1.82) is 0 Å². The fourth-order valence-electron chi connectivity index (χ4n) is 2.40. The van der Waals surface area contributed by atoms with Crippen LogP contribution in [0.5, 0.6) is 5.75 Å². The quantitative estimate of drug-likeness (QED) is 0.719. The number of nitrogens with one attached hydrogen (secondary N) is 1. The number of hydrogen-bond donors (Lipinski definition) is 1. The number of nitrogens with zero attached hydrogens (tertiary/aromatic N) is 1. The zero-order valence-corrected chi connectivity index (χ0v) is 16.0. The summed E-state index contributed by atoms with van der Waals surface area (Å²) in [5, 5.41) is 0. The Morgan fingerprint density at radius 1 is 1.15 bits per heavy atom. The van der Waals surface area contributed by atoms with Crippen molar-refractivity contribution >= 4 is 21.6 Å². The molecule has 2 aromatic carbocycles. The largest absolute Gasteiger partial charge is 0.494 e. The van der Waals surface area contributed by atoms with E-state index in [0.717, 1.165) is 17.6 Å². The van der Waals surface area contributed by atoms with Gasteiger partial charge in [0.05, 0.1) is 18.6 Å². The van der Waals surface area contributed by atoms with Crippen molar-refractivity contribution in [2.75, 3.05) is 31.2 Å². The first-order valence-electron chi connectivity index (χ1n) is 8.28. The van der Waals surface area contributed by atoms with E-state index in [1.807, 2.05) is 30.3 Å². The highest BCUT2D eigenvalue weighted by Crippen LogP contribution is 2.19. The van der Waals surface area contributed by atoms with E-state index in [9.17, 15) is 13.2 Å². The lowest BCUT2D eigenvalue weighted by Crippen LogP contribution is -2.28. The maximum Gasteiger partial charge on any atom is 0.253 e. The number of anilines is 1. The first kappa shape index (κ1) is 19.8. The molecule has 0 heterocycles. The molecule has 0 unspecified atom stereocenters. The normalized spacial score (nSPS) is 11.0. The van der Waals surface area contributed by atoms with Crippen molar-refractivity contribution in [3.63, 3.8) is 0 Å². The van der Waals surface area contributed by atoms with Crippen LogP contribution in [0.25, 0.3) is 0 Å². The lowest BCUT2D eigenvalue weighted by molar-refractivity contribution is 0.0788. The number of aryl methyl sites for hydroxylation is 1. The summed E-state index contributed by atoms with van der Waals surface area (Å²) in [6.07, 6.45) is 1.78. The van der Waals surface area contributed by atoms with Crippen LogP contribution in [-0.2, 0) is 10.0 Å². The number of carbonyl (C=O) groups is 1. The lowest BCUT2D eigenvalue weighted by Gasteiger charge is -2.18. The van der Waals surface area contributed by atoms with Crippen LogP contribution < -0.4 is 9.46 Å². The van der Waals surface area contributed by atoms with E-state index >= 15 is 0 Å². The number of rotatable bonds is 8. The van der Waals surface area contributed by atoms with E-state index in [0.29, 0.717) is 30.8 Å². The van der Waals surface area contributed by atoms with Gasteiger partial charge in [-0.25, -0.2) is 8.42 Å². The zero-order chi connectivity index (χ0) is 19.2. The van der Waals surface area contributed by atoms with Gasteiger partial charge in [-0.05, 0) is 43.2 Å². The number of para-hydroxylation sites is 1. The van der Waals surface area contributed by atoms with Crippen LogP contribution in [0.3, 0.4) is 0 Å². The Bertz CT molecular complexity index is 851. The summed E-state index contributed by atoms with van der Waals surface area (Å²) in [5.41, 5.74) is 1.61. The van der Waals surface area contributed by atoms with Gasteiger partial charge < -0.3 is 9.64 Å². The molecular formula is C19H24N2O4S. The number of hydrogen-bond acceptors (Lipinski definition) is 4. The van der Waals surface area contributed by atoms with Gasteiger partial charge in [0.25, 0.3) is 5.91 Å². The Balaban J connectivity index is 1.92. The summed E-state index contributed by atoms with van der Waals surface area (Å²) in [5.74, 6) is 0.637. The maximum absolute atomic E-state index is 12.5. The smallest absolute Gasteiger partial charge is 0.253 e. The number of sulfonamides is 1. The van der Waals surface area contributed by atoms with E-state index in [2.05, 4.69) is 4.72 Å². The summed E-state index contributed by atoms with van der Waals surface area (Å²) >= 11 is 0. The van der Waals surface area contributed by atoms with Crippen LogP contribution >= 0.6 is 0 Å². The molecule has 0 atom stereocenters. The Labute approximate surface area is 154 Å². The van der Waals surface area contributed by atoms with E-state index < -0.39 is 10.0 Å². The Morgan fingerprint density at radius 3 is 2.50 bits per heavy atom. The Morgan fingerprint density at radius 2 is 1.85 bits per heavy atom. The monoisotopic (exact) mass is 376 g/mol. The SMILES string of the molecule is Cc1ccc(C(=O)N(C)CCCOc2ccccc2)cc1NS(C)(=O)=O. The molecule has 1 amide bonds. The molecule has 140 valence electrons. The summed E-state index contributed by atoms with van der Waals surface area (Å²) in [7, 11) is -1.68. The predicted molar refractivity (Wildman–Crippen MR) is 103 cm³/mol. The second-order valence-corrected chi connectivity index (χ2v) is 7.89. The van der Waals surface area contributed by atoms with Crippen LogP contribution in [0.4, 0.5) is 5.69 Å². The zero-order valence-electron chi connectivity index (χ0n) is 15.2. The summed E-state index contributed by atoms with van der Waals surface area (Å²) < 4.78 is 30.9. The summed E-state index contributed by atoms with van der Waals surface area (Å²) in [4.78, 5) is 14.1. The molecule has 0 bridgehead atoms. The minimum atomic E-state index is -3.40. The van der Waals surface area contributed by atoms with Crippen molar-refractivity contribution in [2.24, 2.45) is 0 Å².